The molecule has 0 aliphatic carbocycles. The van der Waals surface area contributed by atoms with Crippen LogP contribution in [0.15, 0.2) is 12.3 Å². The third-order valence-electron chi connectivity index (χ3n) is 3.52. The molecule has 0 aromatic carbocycles. The zero-order chi connectivity index (χ0) is 14.3. The zero-order valence-electron chi connectivity index (χ0n) is 10.5. The number of rotatable bonds is 2. The van der Waals surface area contributed by atoms with E-state index in [1.165, 1.54) is 12.3 Å². The number of aromatic carboxylic acids is 1. The summed E-state index contributed by atoms with van der Waals surface area (Å²) in [6.45, 7) is 0. The molecule has 2 aromatic rings. The van der Waals surface area contributed by atoms with Gasteiger partial charge in [-0.05, 0) is 18.9 Å². The number of H-pyrrole nitrogens is 1. The molecule has 1 atom stereocenters. The van der Waals surface area contributed by atoms with Crippen molar-refractivity contribution in [3.63, 3.8) is 0 Å². The van der Waals surface area contributed by atoms with Crippen LogP contribution in [-0.4, -0.2) is 40.2 Å². The molecular formula is C12H13N3O4S. The smallest absolute Gasteiger partial charge is 0.338 e. The molecule has 0 radical (unpaired) electrons. The summed E-state index contributed by atoms with van der Waals surface area (Å²) in [4.78, 5) is 22.1. The Morgan fingerprint density at radius 1 is 1.40 bits per heavy atom. The quantitative estimate of drug-likeness (QED) is 0.863. The normalized spacial score (nSPS) is 21.9. The van der Waals surface area contributed by atoms with Crippen molar-refractivity contribution >= 4 is 27.0 Å². The summed E-state index contributed by atoms with van der Waals surface area (Å²) in [7, 11) is -3.23. The number of carboxylic acids is 1. The number of aromatic nitrogens is 3. The molecule has 0 amide bonds. The van der Waals surface area contributed by atoms with E-state index in [1.807, 2.05) is 0 Å². The Hall–Kier alpha value is -1.96. The number of aromatic amines is 1. The minimum Gasteiger partial charge on any atom is -0.478 e. The van der Waals surface area contributed by atoms with Gasteiger partial charge in [0.25, 0.3) is 0 Å². The first-order valence-corrected chi connectivity index (χ1v) is 8.00. The third-order valence-corrected chi connectivity index (χ3v) is 5.71. The standard InChI is InChI=1S/C12H13N3O4S/c16-12(17)7-4-5-13-11-9(7)14-10(15-11)8-3-1-2-6-20(8,18)19/h4-5,8H,1-3,6H2,(H,16,17)(H,13,14,15). The predicted octanol–water partition coefficient (Wildman–Crippen LogP) is 1.30. The van der Waals surface area contributed by atoms with Crippen molar-refractivity contribution in [1.82, 2.24) is 15.0 Å². The number of hydrogen-bond donors (Lipinski definition) is 2. The van der Waals surface area contributed by atoms with Gasteiger partial charge < -0.3 is 10.1 Å². The molecule has 0 spiro atoms. The molecule has 20 heavy (non-hydrogen) atoms. The second kappa shape index (κ2) is 4.55. The van der Waals surface area contributed by atoms with E-state index >= 15 is 0 Å². The molecule has 3 heterocycles. The number of pyridine rings is 1. The summed E-state index contributed by atoms with van der Waals surface area (Å²) in [5.41, 5.74) is 0.554. The summed E-state index contributed by atoms with van der Waals surface area (Å²) in [6.07, 6.45) is 3.34. The fourth-order valence-corrected chi connectivity index (χ4v) is 4.39. The highest BCUT2D eigenvalue weighted by molar-refractivity contribution is 7.91. The Morgan fingerprint density at radius 3 is 2.90 bits per heavy atom. The van der Waals surface area contributed by atoms with Crippen molar-refractivity contribution < 1.29 is 18.3 Å². The van der Waals surface area contributed by atoms with Gasteiger partial charge in [-0.15, -0.1) is 0 Å². The molecule has 0 bridgehead atoms. The molecule has 1 saturated heterocycles. The first-order chi connectivity index (χ1) is 9.49. The Kier molecular flexibility index (Phi) is 2.97. The highest BCUT2D eigenvalue weighted by atomic mass is 32.2. The fourth-order valence-electron chi connectivity index (χ4n) is 2.52. The van der Waals surface area contributed by atoms with Gasteiger partial charge in [-0.1, -0.05) is 6.42 Å². The number of hydrogen-bond acceptors (Lipinski definition) is 5. The Balaban J connectivity index is 2.14. The van der Waals surface area contributed by atoms with E-state index < -0.39 is 21.1 Å². The summed E-state index contributed by atoms with van der Waals surface area (Å²) in [6, 6.07) is 1.36. The summed E-state index contributed by atoms with van der Waals surface area (Å²) < 4.78 is 24.2. The average Bonchev–Trinajstić information content (AvgIpc) is 2.80. The second-order valence-corrected chi connectivity index (χ2v) is 7.14. The van der Waals surface area contributed by atoms with Crippen LogP contribution in [0.4, 0.5) is 0 Å². The Bertz CT molecular complexity index is 781. The van der Waals surface area contributed by atoms with E-state index in [4.69, 9.17) is 5.11 Å². The van der Waals surface area contributed by atoms with Crippen LogP contribution >= 0.6 is 0 Å². The van der Waals surface area contributed by atoms with Crippen LogP contribution < -0.4 is 0 Å². The number of fused-ring (bicyclic) bond motifs is 1. The molecule has 1 aliphatic rings. The van der Waals surface area contributed by atoms with Gasteiger partial charge in [-0.25, -0.2) is 23.2 Å². The van der Waals surface area contributed by atoms with Crippen LogP contribution in [0, 0.1) is 0 Å². The second-order valence-electron chi connectivity index (χ2n) is 4.84. The maximum atomic E-state index is 12.1. The third kappa shape index (κ3) is 2.05. The lowest BCUT2D eigenvalue weighted by atomic mass is 10.2. The van der Waals surface area contributed by atoms with Crippen molar-refractivity contribution in [2.45, 2.75) is 24.5 Å². The molecule has 3 rings (SSSR count). The number of carboxylic acid groups (broad SMARTS) is 1. The van der Waals surface area contributed by atoms with E-state index in [-0.39, 0.29) is 22.5 Å². The molecule has 8 heteroatoms. The summed E-state index contributed by atoms with van der Waals surface area (Å²) in [5, 5.41) is 8.42. The van der Waals surface area contributed by atoms with Gasteiger partial charge in [0.05, 0.1) is 16.8 Å². The van der Waals surface area contributed by atoms with Crippen LogP contribution in [0.2, 0.25) is 0 Å². The zero-order valence-corrected chi connectivity index (χ0v) is 11.4. The summed E-state index contributed by atoms with van der Waals surface area (Å²) >= 11 is 0. The first-order valence-electron chi connectivity index (χ1n) is 6.28. The largest absolute Gasteiger partial charge is 0.478 e. The van der Waals surface area contributed by atoms with Crippen molar-refractivity contribution in [2.75, 3.05) is 5.75 Å². The van der Waals surface area contributed by atoms with E-state index in [0.29, 0.717) is 18.7 Å². The van der Waals surface area contributed by atoms with Crippen LogP contribution in [-0.2, 0) is 9.84 Å². The molecule has 1 aliphatic heterocycles. The SMILES string of the molecule is O=C(O)c1ccnc2nc(C3CCCCS3(=O)=O)[nH]c12. The molecule has 2 aromatic heterocycles. The molecule has 2 N–H and O–H groups in total. The van der Waals surface area contributed by atoms with Crippen molar-refractivity contribution in [1.29, 1.82) is 0 Å². The number of sulfone groups is 1. The van der Waals surface area contributed by atoms with Crippen molar-refractivity contribution in [3.8, 4) is 0 Å². The lowest BCUT2D eigenvalue weighted by Gasteiger charge is -2.19. The van der Waals surface area contributed by atoms with Gasteiger partial charge in [-0.2, -0.15) is 0 Å². The van der Waals surface area contributed by atoms with Crippen LogP contribution in [0.1, 0.15) is 40.7 Å². The highest BCUT2D eigenvalue weighted by Gasteiger charge is 2.33. The van der Waals surface area contributed by atoms with Gasteiger partial charge in [0.2, 0.25) is 0 Å². The van der Waals surface area contributed by atoms with Crippen LogP contribution in [0.25, 0.3) is 11.2 Å². The molecular weight excluding hydrogens is 282 g/mol. The van der Waals surface area contributed by atoms with E-state index in [1.54, 1.807) is 0 Å². The first kappa shape index (κ1) is 13.0. The van der Waals surface area contributed by atoms with Crippen molar-refractivity contribution in [2.24, 2.45) is 0 Å². The molecule has 1 unspecified atom stereocenters. The number of nitrogens with zero attached hydrogens (tertiary/aromatic N) is 2. The van der Waals surface area contributed by atoms with Gasteiger partial charge in [0.15, 0.2) is 15.5 Å². The lowest BCUT2D eigenvalue weighted by molar-refractivity contribution is 0.0698. The number of nitrogens with one attached hydrogen (secondary N) is 1. The number of imidazole rings is 1. The maximum absolute atomic E-state index is 12.1. The Labute approximate surface area is 115 Å². The maximum Gasteiger partial charge on any atom is 0.338 e. The predicted molar refractivity (Wildman–Crippen MR) is 71.2 cm³/mol. The average molecular weight is 295 g/mol. The molecule has 0 saturated carbocycles. The van der Waals surface area contributed by atoms with Crippen molar-refractivity contribution in [3.05, 3.63) is 23.7 Å². The molecule has 106 valence electrons. The monoisotopic (exact) mass is 295 g/mol. The van der Waals surface area contributed by atoms with Gasteiger partial charge in [-0.3, -0.25) is 0 Å². The van der Waals surface area contributed by atoms with Gasteiger partial charge in [0.1, 0.15) is 11.1 Å². The highest BCUT2D eigenvalue weighted by Crippen LogP contribution is 2.32. The minimum atomic E-state index is -3.23. The van der Waals surface area contributed by atoms with E-state index in [9.17, 15) is 13.2 Å². The molecule has 1 fully saturated rings. The minimum absolute atomic E-state index is 0.0435. The van der Waals surface area contributed by atoms with E-state index in [0.717, 1.165) is 6.42 Å². The van der Waals surface area contributed by atoms with Crippen LogP contribution in [0.5, 0.6) is 0 Å². The van der Waals surface area contributed by atoms with Gasteiger partial charge in [0, 0.05) is 6.20 Å². The lowest BCUT2D eigenvalue weighted by Crippen LogP contribution is -2.22. The van der Waals surface area contributed by atoms with Gasteiger partial charge >= 0.3 is 5.97 Å². The topological polar surface area (TPSA) is 113 Å². The molecule has 7 nitrogen and oxygen atoms in total. The van der Waals surface area contributed by atoms with Crippen LogP contribution in [0.3, 0.4) is 0 Å². The number of carbonyl (C=O) groups is 1. The fraction of sp³-hybridized carbons (Fsp3) is 0.417. The summed E-state index contributed by atoms with van der Waals surface area (Å²) in [5.74, 6) is -0.659. The van der Waals surface area contributed by atoms with E-state index in [2.05, 4.69) is 15.0 Å². The Morgan fingerprint density at radius 2 is 2.20 bits per heavy atom.